The van der Waals surface area contributed by atoms with Crippen LogP contribution in [0, 0.1) is 12.3 Å². The molecule has 0 saturated heterocycles. The van der Waals surface area contributed by atoms with Crippen LogP contribution in [0.15, 0.2) is 24.3 Å². The molecule has 0 saturated carbocycles. The van der Waals surface area contributed by atoms with E-state index in [0.29, 0.717) is 6.54 Å². The van der Waals surface area contributed by atoms with Crippen LogP contribution in [0.4, 0.5) is 0 Å². The minimum absolute atomic E-state index is 0.184. The lowest BCUT2D eigenvalue weighted by Gasteiger charge is -2.22. The fraction of sp³-hybridized carbons (Fsp3) is 0.538. The van der Waals surface area contributed by atoms with Gasteiger partial charge in [0.1, 0.15) is 0 Å². The molecule has 0 bridgehead atoms. The highest BCUT2D eigenvalue weighted by Crippen LogP contribution is 2.11. The van der Waals surface area contributed by atoms with Gasteiger partial charge in [-0.1, -0.05) is 43.7 Å². The summed E-state index contributed by atoms with van der Waals surface area (Å²) in [6.45, 7) is 9.07. The van der Waals surface area contributed by atoms with Crippen LogP contribution in [0.3, 0.4) is 0 Å². The first-order chi connectivity index (χ1) is 7.03. The molecule has 0 heterocycles. The van der Waals surface area contributed by atoms with Crippen LogP contribution in [0.25, 0.3) is 0 Å². The zero-order chi connectivity index (χ0) is 11.3. The summed E-state index contributed by atoms with van der Waals surface area (Å²) in [7, 11) is 0. The van der Waals surface area contributed by atoms with E-state index in [9.17, 15) is 0 Å². The second-order valence-corrected chi connectivity index (χ2v) is 4.96. The van der Waals surface area contributed by atoms with Crippen LogP contribution in [0.1, 0.15) is 25.0 Å². The minimum atomic E-state index is 0.184. The van der Waals surface area contributed by atoms with E-state index in [1.165, 1.54) is 11.1 Å². The molecule has 2 nitrogen and oxygen atoms in total. The Morgan fingerprint density at radius 1 is 1.33 bits per heavy atom. The third kappa shape index (κ3) is 4.45. The number of aryl methyl sites for hydroxylation is 1. The van der Waals surface area contributed by atoms with Gasteiger partial charge in [-0.2, -0.15) is 0 Å². The molecule has 1 aromatic rings. The van der Waals surface area contributed by atoms with Crippen molar-refractivity contribution in [3.63, 3.8) is 0 Å². The summed E-state index contributed by atoms with van der Waals surface area (Å²) in [6, 6.07) is 8.58. The van der Waals surface area contributed by atoms with E-state index in [2.05, 4.69) is 50.4 Å². The SMILES string of the molecule is Cc1cccc(CNCC(C)(C)CN)c1. The monoisotopic (exact) mass is 206 g/mol. The first-order valence-electron chi connectivity index (χ1n) is 5.50. The molecule has 0 atom stereocenters. The molecule has 0 aliphatic carbocycles. The number of hydrogen-bond acceptors (Lipinski definition) is 2. The van der Waals surface area contributed by atoms with E-state index in [-0.39, 0.29) is 5.41 Å². The van der Waals surface area contributed by atoms with Crippen LogP contribution in [0.5, 0.6) is 0 Å². The maximum atomic E-state index is 5.67. The second-order valence-electron chi connectivity index (χ2n) is 4.96. The lowest BCUT2D eigenvalue weighted by molar-refractivity contribution is 0.351. The summed E-state index contributed by atoms with van der Waals surface area (Å²) in [5.74, 6) is 0. The third-order valence-corrected chi connectivity index (χ3v) is 2.57. The van der Waals surface area contributed by atoms with Gasteiger partial charge in [0.25, 0.3) is 0 Å². The fourth-order valence-corrected chi connectivity index (χ4v) is 1.44. The van der Waals surface area contributed by atoms with Crippen LogP contribution in [-0.2, 0) is 6.54 Å². The molecule has 3 N–H and O–H groups in total. The van der Waals surface area contributed by atoms with Crippen molar-refractivity contribution in [2.45, 2.75) is 27.3 Å². The lowest BCUT2D eigenvalue weighted by atomic mass is 9.94. The average Bonchev–Trinajstić information content (AvgIpc) is 2.18. The normalized spacial score (nSPS) is 11.7. The molecule has 0 fully saturated rings. The summed E-state index contributed by atoms with van der Waals surface area (Å²) in [5, 5.41) is 3.44. The van der Waals surface area contributed by atoms with Crippen molar-refractivity contribution in [2.75, 3.05) is 13.1 Å². The predicted octanol–water partition coefficient (Wildman–Crippen LogP) is 2.07. The van der Waals surface area contributed by atoms with E-state index in [1.54, 1.807) is 0 Å². The molecule has 2 heteroatoms. The van der Waals surface area contributed by atoms with Gasteiger partial charge in [0.05, 0.1) is 0 Å². The number of benzene rings is 1. The highest BCUT2D eigenvalue weighted by Gasteiger charge is 2.14. The van der Waals surface area contributed by atoms with Crippen LogP contribution >= 0.6 is 0 Å². The molecular weight excluding hydrogens is 184 g/mol. The topological polar surface area (TPSA) is 38.0 Å². The summed E-state index contributed by atoms with van der Waals surface area (Å²) >= 11 is 0. The molecule has 1 aromatic carbocycles. The average molecular weight is 206 g/mol. The minimum Gasteiger partial charge on any atom is -0.330 e. The van der Waals surface area contributed by atoms with Gasteiger partial charge in [-0.3, -0.25) is 0 Å². The second kappa shape index (κ2) is 5.29. The molecule has 0 spiro atoms. The zero-order valence-corrected chi connectivity index (χ0v) is 10.0. The van der Waals surface area contributed by atoms with Crippen molar-refractivity contribution >= 4 is 0 Å². The van der Waals surface area contributed by atoms with Gasteiger partial charge >= 0.3 is 0 Å². The van der Waals surface area contributed by atoms with Crippen molar-refractivity contribution in [2.24, 2.45) is 11.1 Å². The Kier molecular flexibility index (Phi) is 4.30. The Labute approximate surface area is 92.9 Å². The molecular formula is C13H22N2. The summed E-state index contributed by atoms with van der Waals surface area (Å²) in [4.78, 5) is 0. The van der Waals surface area contributed by atoms with Gasteiger partial charge in [-0.15, -0.1) is 0 Å². The van der Waals surface area contributed by atoms with Crippen LogP contribution < -0.4 is 11.1 Å². The molecule has 0 aromatic heterocycles. The smallest absolute Gasteiger partial charge is 0.0205 e. The highest BCUT2D eigenvalue weighted by atomic mass is 14.9. The maximum Gasteiger partial charge on any atom is 0.0205 e. The summed E-state index contributed by atoms with van der Waals surface area (Å²) in [6.07, 6.45) is 0. The lowest BCUT2D eigenvalue weighted by Crippen LogP contribution is -2.35. The number of nitrogens with two attached hydrogens (primary N) is 1. The molecule has 1 rings (SSSR count). The number of hydrogen-bond donors (Lipinski definition) is 2. The van der Waals surface area contributed by atoms with Crippen LogP contribution in [-0.4, -0.2) is 13.1 Å². The molecule has 0 aliphatic rings. The molecule has 0 radical (unpaired) electrons. The van der Waals surface area contributed by atoms with Gasteiger partial charge in [0.2, 0.25) is 0 Å². The van der Waals surface area contributed by atoms with Crippen molar-refractivity contribution in [3.8, 4) is 0 Å². The number of rotatable bonds is 5. The first-order valence-corrected chi connectivity index (χ1v) is 5.50. The fourth-order valence-electron chi connectivity index (χ4n) is 1.44. The predicted molar refractivity (Wildman–Crippen MR) is 65.7 cm³/mol. The Hall–Kier alpha value is -0.860. The van der Waals surface area contributed by atoms with E-state index in [1.807, 2.05) is 0 Å². The van der Waals surface area contributed by atoms with E-state index in [4.69, 9.17) is 5.73 Å². The summed E-state index contributed by atoms with van der Waals surface area (Å²) in [5.41, 5.74) is 8.50. The quantitative estimate of drug-likeness (QED) is 0.774. The Morgan fingerprint density at radius 3 is 2.67 bits per heavy atom. The van der Waals surface area contributed by atoms with Gasteiger partial charge < -0.3 is 11.1 Å². The van der Waals surface area contributed by atoms with Gasteiger partial charge in [-0.05, 0) is 24.4 Å². The van der Waals surface area contributed by atoms with E-state index in [0.717, 1.165) is 13.1 Å². The first kappa shape index (κ1) is 12.2. The summed E-state index contributed by atoms with van der Waals surface area (Å²) < 4.78 is 0. The number of nitrogens with one attached hydrogen (secondary N) is 1. The van der Waals surface area contributed by atoms with Crippen molar-refractivity contribution < 1.29 is 0 Å². The molecule has 84 valence electrons. The molecule has 0 aliphatic heterocycles. The molecule has 0 amide bonds. The van der Waals surface area contributed by atoms with Crippen molar-refractivity contribution in [1.29, 1.82) is 0 Å². The Morgan fingerprint density at radius 2 is 2.07 bits per heavy atom. The van der Waals surface area contributed by atoms with E-state index < -0.39 is 0 Å². The van der Waals surface area contributed by atoms with Gasteiger partial charge in [0, 0.05) is 13.1 Å². The Balaban J connectivity index is 2.38. The molecule has 0 unspecified atom stereocenters. The van der Waals surface area contributed by atoms with Crippen molar-refractivity contribution in [1.82, 2.24) is 5.32 Å². The zero-order valence-electron chi connectivity index (χ0n) is 10.0. The highest BCUT2D eigenvalue weighted by molar-refractivity contribution is 5.21. The standard InChI is InChI=1S/C13H22N2/c1-11-5-4-6-12(7-11)8-15-10-13(2,3)9-14/h4-7,15H,8-10,14H2,1-3H3. The van der Waals surface area contributed by atoms with Gasteiger partial charge in [-0.25, -0.2) is 0 Å². The third-order valence-electron chi connectivity index (χ3n) is 2.57. The van der Waals surface area contributed by atoms with Crippen molar-refractivity contribution in [3.05, 3.63) is 35.4 Å². The Bertz CT molecular complexity index is 305. The maximum absolute atomic E-state index is 5.67. The van der Waals surface area contributed by atoms with E-state index >= 15 is 0 Å². The largest absolute Gasteiger partial charge is 0.330 e. The van der Waals surface area contributed by atoms with Crippen LogP contribution in [0.2, 0.25) is 0 Å². The van der Waals surface area contributed by atoms with Gasteiger partial charge in [0.15, 0.2) is 0 Å². The molecule has 15 heavy (non-hydrogen) atoms.